The number of tetrazole rings is 1. The number of aromatic nitrogens is 7. The molecule has 13 nitrogen and oxygen atoms in total. The molecule has 15 heteroatoms. The van der Waals surface area contributed by atoms with E-state index in [1.807, 2.05) is 15.5 Å². The molecular weight excluding hydrogens is 442 g/mol. The van der Waals surface area contributed by atoms with Gasteiger partial charge in [0.15, 0.2) is 0 Å². The van der Waals surface area contributed by atoms with Gasteiger partial charge in [-0.3, -0.25) is 9.29 Å². The number of sulfonamides is 1. The van der Waals surface area contributed by atoms with E-state index in [4.69, 9.17) is 5.14 Å². The molecule has 0 radical (unpaired) electrons. The fourth-order valence-corrected chi connectivity index (χ4v) is 6.00. The molecule has 1 saturated heterocycles. The van der Waals surface area contributed by atoms with Crippen LogP contribution >= 0.6 is 11.9 Å². The number of aromatic amines is 1. The van der Waals surface area contributed by atoms with E-state index >= 15 is 0 Å². The molecule has 1 fully saturated rings. The standard InChI is InChI=1S/C16H21N11O2S2/c17-31(28,29)14-12(30-23-10-4-5-18-8-10)3-2-11(13(14)15-20-24-25-21-15)27-7-1-6-26-9-19-22-16(26)27/h2-3,9-10,18,23H,1,4-8H2,(H2,17,28,29)(H,20,21,24,25)/t10-/m1/s1. The maximum atomic E-state index is 12.8. The highest BCUT2D eigenvalue weighted by Crippen LogP contribution is 2.42. The molecule has 0 spiro atoms. The molecule has 0 amide bonds. The quantitative estimate of drug-likeness (QED) is 0.350. The van der Waals surface area contributed by atoms with Gasteiger partial charge >= 0.3 is 0 Å². The second kappa shape index (κ2) is 8.16. The van der Waals surface area contributed by atoms with E-state index < -0.39 is 10.0 Å². The number of H-pyrrole nitrogens is 1. The summed E-state index contributed by atoms with van der Waals surface area (Å²) in [6, 6.07) is 3.81. The SMILES string of the molecule is NS(=O)(=O)c1c(SN[C@@H]2CCNC2)ccc(N2CCCn3cnnc32)c1-c1nn[nH]n1. The minimum absolute atomic E-state index is 0.0495. The molecule has 5 N–H and O–H groups in total. The van der Waals surface area contributed by atoms with E-state index in [9.17, 15) is 8.42 Å². The summed E-state index contributed by atoms with van der Waals surface area (Å²) in [7, 11) is -4.13. The Hall–Kier alpha value is -2.59. The molecule has 1 atom stereocenters. The van der Waals surface area contributed by atoms with Crippen LogP contribution in [0.15, 0.2) is 28.3 Å². The predicted molar refractivity (Wildman–Crippen MR) is 113 cm³/mol. The summed E-state index contributed by atoms with van der Waals surface area (Å²) in [5, 5.41) is 31.3. The molecular formula is C16H21N11O2S2. The first-order valence-corrected chi connectivity index (χ1v) is 12.1. The number of hydrogen-bond donors (Lipinski definition) is 4. The van der Waals surface area contributed by atoms with Crippen molar-refractivity contribution in [3.63, 3.8) is 0 Å². The van der Waals surface area contributed by atoms with Gasteiger partial charge in [0.2, 0.25) is 21.8 Å². The van der Waals surface area contributed by atoms with E-state index in [1.165, 1.54) is 11.9 Å². The topological polar surface area (TPSA) is 173 Å². The summed E-state index contributed by atoms with van der Waals surface area (Å²) in [6.45, 7) is 3.15. The van der Waals surface area contributed by atoms with Gasteiger partial charge in [0, 0.05) is 30.6 Å². The number of benzene rings is 1. The largest absolute Gasteiger partial charge is 0.315 e. The van der Waals surface area contributed by atoms with E-state index in [-0.39, 0.29) is 22.3 Å². The molecule has 0 aliphatic carbocycles. The molecule has 3 aromatic rings. The van der Waals surface area contributed by atoms with E-state index in [0.717, 1.165) is 32.5 Å². The maximum Gasteiger partial charge on any atom is 0.240 e. The minimum Gasteiger partial charge on any atom is -0.315 e. The Morgan fingerprint density at radius 3 is 2.90 bits per heavy atom. The second-order valence-corrected chi connectivity index (χ2v) is 9.68. The number of hydrogen-bond acceptors (Lipinski definition) is 11. The molecule has 4 heterocycles. The minimum atomic E-state index is -4.13. The van der Waals surface area contributed by atoms with Gasteiger partial charge in [0.25, 0.3) is 0 Å². The van der Waals surface area contributed by atoms with Gasteiger partial charge in [0.1, 0.15) is 11.2 Å². The van der Waals surface area contributed by atoms with Crippen molar-refractivity contribution < 1.29 is 8.42 Å². The van der Waals surface area contributed by atoms with Crippen LogP contribution in [0.25, 0.3) is 11.4 Å². The van der Waals surface area contributed by atoms with Gasteiger partial charge in [-0.2, -0.15) is 5.21 Å². The Morgan fingerprint density at radius 1 is 1.26 bits per heavy atom. The Bertz CT molecular complexity index is 1170. The van der Waals surface area contributed by atoms with Gasteiger partial charge in [-0.1, -0.05) is 0 Å². The highest BCUT2D eigenvalue weighted by molar-refractivity contribution is 7.98. The zero-order chi connectivity index (χ0) is 21.4. The Labute approximate surface area is 182 Å². The third-order valence-corrected chi connectivity index (χ3v) is 7.39. The summed E-state index contributed by atoms with van der Waals surface area (Å²) in [5.74, 6) is 0.757. The highest BCUT2D eigenvalue weighted by Gasteiger charge is 2.31. The number of rotatable bonds is 6. The molecule has 1 aromatic carbocycles. The first kappa shape index (κ1) is 20.3. The predicted octanol–water partition coefficient (Wildman–Crippen LogP) is -0.394. The van der Waals surface area contributed by atoms with Crippen molar-refractivity contribution in [1.82, 2.24) is 45.4 Å². The smallest absolute Gasteiger partial charge is 0.240 e. The monoisotopic (exact) mass is 463 g/mol. The van der Waals surface area contributed by atoms with Gasteiger partial charge in [0.05, 0.1) is 11.3 Å². The van der Waals surface area contributed by atoms with Crippen molar-refractivity contribution in [1.29, 1.82) is 0 Å². The Kier molecular flexibility index (Phi) is 5.35. The normalized spacial score (nSPS) is 19.0. The fraction of sp³-hybridized carbons (Fsp3) is 0.438. The lowest BCUT2D eigenvalue weighted by Gasteiger charge is -2.30. The number of anilines is 2. The van der Waals surface area contributed by atoms with Crippen LogP contribution in [0.2, 0.25) is 0 Å². The molecule has 5 rings (SSSR count). The van der Waals surface area contributed by atoms with Crippen LogP contribution < -0.4 is 20.1 Å². The molecule has 2 aliphatic rings. The van der Waals surface area contributed by atoms with Gasteiger partial charge in [-0.15, -0.1) is 20.4 Å². The van der Waals surface area contributed by atoms with Crippen LogP contribution in [-0.4, -0.2) is 69.5 Å². The zero-order valence-corrected chi connectivity index (χ0v) is 18.0. The summed E-state index contributed by atoms with van der Waals surface area (Å²) >= 11 is 1.24. The first-order valence-electron chi connectivity index (χ1n) is 9.74. The second-order valence-electron chi connectivity index (χ2n) is 7.31. The highest BCUT2D eigenvalue weighted by atomic mass is 32.2. The fourth-order valence-electron chi connectivity index (χ4n) is 3.87. The van der Waals surface area contributed by atoms with Crippen molar-refractivity contribution in [2.24, 2.45) is 5.14 Å². The van der Waals surface area contributed by atoms with Gasteiger partial charge in [-0.25, -0.2) is 13.6 Å². The summed E-state index contributed by atoms with van der Waals surface area (Å²) < 4.78 is 30.8. The number of aryl methyl sites for hydroxylation is 1. The van der Waals surface area contributed by atoms with E-state index in [1.54, 1.807) is 12.4 Å². The number of primary sulfonamides is 1. The average Bonchev–Trinajstić information content (AvgIpc) is 3.53. The Balaban J connectivity index is 1.66. The van der Waals surface area contributed by atoms with E-state index in [0.29, 0.717) is 23.1 Å². The molecule has 0 bridgehead atoms. The maximum absolute atomic E-state index is 12.8. The van der Waals surface area contributed by atoms with Crippen LogP contribution in [0, 0.1) is 0 Å². The number of nitrogens with two attached hydrogens (primary N) is 1. The van der Waals surface area contributed by atoms with Crippen molar-refractivity contribution in [2.45, 2.75) is 35.2 Å². The zero-order valence-electron chi connectivity index (χ0n) is 16.4. The van der Waals surface area contributed by atoms with Crippen LogP contribution in [-0.2, 0) is 16.6 Å². The van der Waals surface area contributed by atoms with Crippen LogP contribution in [0.1, 0.15) is 12.8 Å². The van der Waals surface area contributed by atoms with Crippen LogP contribution in [0.4, 0.5) is 11.6 Å². The van der Waals surface area contributed by atoms with Crippen molar-refractivity contribution in [2.75, 3.05) is 24.5 Å². The molecule has 0 unspecified atom stereocenters. The van der Waals surface area contributed by atoms with Gasteiger partial charge < -0.3 is 10.2 Å². The van der Waals surface area contributed by atoms with Gasteiger partial charge in [-0.05, 0) is 48.7 Å². The lowest BCUT2D eigenvalue weighted by Crippen LogP contribution is -2.29. The Morgan fingerprint density at radius 2 is 2.16 bits per heavy atom. The molecule has 164 valence electrons. The van der Waals surface area contributed by atoms with E-state index in [2.05, 4.69) is 40.9 Å². The van der Waals surface area contributed by atoms with Crippen LogP contribution in [0.3, 0.4) is 0 Å². The summed E-state index contributed by atoms with van der Waals surface area (Å²) in [6.07, 6.45) is 3.45. The van der Waals surface area contributed by atoms with Crippen molar-refractivity contribution >= 4 is 33.6 Å². The van der Waals surface area contributed by atoms with Crippen molar-refractivity contribution in [3.05, 3.63) is 18.5 Å². The lowest BCUT2D eigenvalue weighted by molar-refractivity contribution is 0.589. The third-order valence-electron chi connectivity index (χ3n) is 5.26. The molecule has 2 aromatic heterocycles. The molecule has 2 aliphatic heterocycles. The lowest BCUT2D eigenvalue weighted by atomic mass is 10.1. The molecule has 0 saturated carbocycles. The van der Waals surface area contributed by atoms with Crippen molar-refractivity contribution in [3.8, 4) is 11.4 Å². The summed E-state index contributed by atoms with van der Waals surface area (Å²) in [5.41, 5.74) is 0.857. The van der Waals surface area contributed by atoms with Crippen LogP contribution in [0.5, 0.6) is 0 Å². The number of nitrogens with one attached hydrogen (secondary N) is 3. The number of fused-ring (bicyclic) bond motifs is 1. The number of nitrogens with zero attached hydrogens (tertiary/aromatic N) is 7. The third kappa shape index (κ3) is 3.89. The molecule has 31 heavy (non-hydrogen) atoms. The average molecular weight is 464 g/mol. The summed E-state index contributed by atoms with van der Waals surface area (Å²) in [4.78, 5) is 2.32. The first-order chi connectivity index (χ1) is 15.0.